The van der Waals surface area contributed by atoms with Gasteiger partial charge in [-0.2, -0.15) is 0 Å². The van der Waals surface area contributed by atoms with Crippen LogP contribution in [0.5, 0.6) is 0 Å². The number of hydrogen-bond acceptors (Lipinski definition) is 3. The summed E-state index contributed by atoms with van der Waals surface area (Å²) in [6.07, 6.45) is 3.54. The molecule has 3 heteroatoms. The first-order valence-corrected chi connectivity index (χ1v) is 6.15. The van der Waals surface area contributed by atoms with Gasteiger partial charge >= 0.3 is 0 Å². The van der Waals surface area contributed by atoms with Crippen LogP contribution >= 0.6 is 0 Å². The Morgan fingerprint density at radius 2 is 1.63 bits per heavy atom. The molecule has 3 aromatic rings. The Hall–Kier alpha value is -2.55. The molecular formula is C16H13N3. The smallest absolute Gasteiger partial charge is 0.178 e. The zero-order valence-electron chi connectivity index (χ0n) is 10.6. The van der Waals surface area contributed by atoms with Gasteiger partial charge in [0.05, 0.1) is 0 Å². The van der Waals surface area contributed by atoms with E-state index in [1.165, 1.54) is 0 Å². The number of pyridine rings is 1. The Balaban J connectivity index is 2.18. The van der Waals surface area contributed by atoms with Gasteiger partial charge in [-0.15, -0.1) is 0 Å². The predicted octanol–water partition coefficient (Wildman–Crippen LogP) is 3.51. The minimum atomic E-state index is 0.666. The van der Waals surface area contributed by atoms with E-state index in [1.807, 2.05) is 43.3 Å². The Morgan fingerprint density at radius 1 is 0.789 bits per heavy atom. The highest BCUT2D eigenvalue weighted by Gasteiger charge is 2.10. The molecule has 1 aromatic carbocycles. The van der Waals surface area contributed by atoms with Crippen molar-refractivity contribution in [3.8, 4) is 22.6 Å². The fourth-order valence-corrected chi connectivity index (χ4v) is 2.00. The molecule has 0 saturated carbocycles. The molecule has 0 unspecified atom stereocenters. The molecular weight excluding hydrogens is 234 g/mol. The van der Waals surface area contributed by atoms with E-state index < -0.39 is 0 Å². The van der Waals surface area contributed by atoms with Crippen LogP contribution in [0, 0.1) is 6.92 Å². The third kappa shape index (κ3) is 2.36. The van der Waals surface area contributed by atoms with Crippen LogP contribution in [0.2, 0.25) is 0 Å². The third-order valence-electron chi connectivity index (χ3n) is 2.90. The van der Waals surface area contributed by atoms with Crippen LogP contribution < -0.4 is 0 Å². The van der Waals surface area contributed by atoms with E-state index in [0.717, 1.165) is 22.5 Å². The normalized spacial score (nSPS) is 10.4. The standard InChI is InChI=1S/C16H13N3/c1-12-9-11-18-16(19-12)15-14(8-5-10-17-15)13-6-3-2-4-7-13/h2-11H,1H3. The van der Waals surface area contributed by atoms with E-state index in [0.29, 0.717) is 5.82 Å². The van der Waals surface area contributed by atoms with Gasteiger partial charge < -0.3 is 0 Å². The molecule has 0 fully saturated rings. The van der Waals surface area contributed by atoms with Gasteiger partial charge in [0, 0.05) is 23.7 Å². The SMILES string of the molecule is Cc1ccnc(-c2ncccc2-c2ccccc2)n1. The van der Waals surface area contributed by atoms with Crippen LogP contribution in [-0.4, -0.2) is 15.0 Å². The molecule has 0 atom stereocenters. The maximum atomic E-state index is 4.46. The van der Waals surface area contributed by atoms with Crippen molar-refractivity contribution >= 4 is 0 Å². The highest BCUT2D eigenvalue weighted by molar-refractivity contribution is 5.77. The lowest BCUT2D eigenvalue weighted by Crippen LogP contribution is -1.95. The fraction of sp³-hybridized carbons (Fsp3) is 0.0625. The zero-order valence-corrected chi connectivity index (χ0v) is 10.6. The predicted molar refractivity (Wildman–Crippen MR) is 75.4 cm³/mol. The Bertz CT molecular complexity index is 693. The second kappa shape index (κ2) is 4.98. The van der Waals surface area contributed by atoms with Crippen LogP contribution in [0.4, 0.5) is 0 Å². The molecule has 19 heavy (non-hydrogen) atoms. The second-order valence-electron chi connectivity index (χ2n) is 4.29. The average Bonchev–Trinajstić information content (AvgIpc) is 2.48. The number of nitrogens with zero attached hydrogens (tertiary/aromatic N) is 3. The second-order valence-corrected chi connectivity index (χ2v) is 4.29. The summed E-state index contributed by atoms with van der Waals surface area (Å²) in [7, 11) is 0. The molecule has 0 spiro atoms. The van der Waals surface area contributed by atoms with Gasteiger partial charge in [-0.3, -0.25) is 4.98 Å². The summed E-state index contributed by atoms with van der Waals surface area (Å²) in [6.45, 7) is 1.95. The van der Waals surface area contributed by atoms with Gasteiger partial charge in [-0.25, -0.2) is 9.97 Å². The van der Waals surface area contributed by atoms with E-state index in [4.69, 9.17) is 0 Å². The average molecular weight is 247 g/mol. The summed E-state index contributed by atoms with van der Waals surface area (Å²) in [5, 5.41) is 0. The van der Waals surface area contributed by atoms with Crippen molar-refractivity contribution in [2.24, 2.45) is 0 Å². The van der Waals surface area contributed by atoms with Gasteiger partial charge in [0.1, 0.15) is 5.69 Å². The number of benzene rings is 1. The first-order chi connectivity index (χ1) is 9.34. The van der Waals surface area contributed by atoms with Crippen LogP contribution in [0.15, 0.2) is 60.9 Å². The van der Waals surface area contributed by atoms with Crippen molar-refractivity contribution in [2.45, 2.75) is 6.92 Å². The summed E-state index contributed by atoms with van der Waals surface area (Å²) < 4.78 is 0. The molecule has 0 bridgehead atoms. The van der Waals surface area contributed by atoms with Crippen molar-refractivity contribution in [2.75, 3.05) is 0 Å². The highest BCUT2D eigenvalue weighted by Crippen LogP contribution is 2.27. The van der Waals surface area contributed by atoms with E-state index in [1.54, 1.807) is 12.4 Å². The minimum absolute atomic E-state index is 0.666. The molecule has 3 nitrogen and oxygen atoms in total. The van der Waals surface area contributed by atoms with E-state index >= 15 is 0 Å². The molecule has 3 rings (SSSR count). The summed E-state index contributed by atoms with van der Waals surface area (Å²) in [5.74, 6) is 0.666. The zero-order chi connectivity index (χ0) is 13.1. The number of aryl methyl sites for hydroxylation is 1. The van der Waals surface area contributed by atoms with Crippen LogP contribution in [0.3, 0.4) is 0 Å². The first kappa shape index (κ1) is 11.5. The Kier molecular flexibility index (Phi) is 3.02. The molecule has 0 amide bonds. The van der Waals surface area contributed by atoms with Crippen molar-refractivity contribution in [3.05, 3.63) is 66.6 Å². The van der Waals surface area contributed by atoms with E-state index in [2.05, 4.69) is 27.1 Å². The van der Waals surface area contributed by atoms with Crippen molar-refractivity contribution < 1.29 is 0 Å². The third-order valence-corrected chi connectivity index (χ3v) is 2.90. The summed E-state index contributed by atoms with van der Waals surface area (Å²) in [4.78, 5) is 13.2. The van der Waals surface area contributed by atoms with E-state index in [-0.39, 0.29) is 0 Å². The minimum Gasteiger partial charge on any atom is -0.252 e. The van der Waals surface area contributed by atoms with Crippen molar-refractivity contribution in [1.29, 1.82) is 0 Å². The Morgan fingerprint density at radius 3 is 2.42 bits per heavy atom. The largest absolute Gasteiger partial charge is 0.252 e. The molecule has 0 aliphatic rings. The van der Waals surface area contributed by atoms with Crippen LogP contribution in [0.25, 0.3) is 22.6 Å². The van der Waals surface area contributed by atoms with Crippen LogP contribution in [0.1, 0.15) is 5.69 Å². The maximum absolute atomic E-state index is 4.46. The monoisotopic (exact) mass is 247 g/mol. The highest BCUT2D eigenvalue weighted by atomic mass is 14.9. The van der Waals surface area contributed by atoms with Gasteiger partial charge in [0.2, 0.25) is 0 Å². The van der Waals surface area contributed by atoms with Crippen molar-refractivity contribution in [1.82, 2.24) is 15.0 Å². The fourth-order valence-electron chi connectivity index (χ4n) is 2.00. The lowest BCUT2D eigenvalue weighted by molar-refractivity contribution is 1.09. The number of hydrogen-bond donors (Lipinski definition) is 0. The van der Waals surface area contributed by atoms with Crippen LogP contribution in [-0.2, 0) is 0 Å². The molecule has 92 valence electrons. The summed E-state index contributed by atoms with van der Waals surface area (Å²) >= 11 is 0. The molecule has 0 saturated heterocycles. The number of rotatable bonds is 2. The molecule has 0 N–H and O–H groups in total. The van der Waals surface area contributed by atoms with Crippen molar-refractivity contribution in [3.63, 3.8) is 0 Å². The molecule has 2 aromatic heterocycles. The topological polar surface area (TPSA) is 38.7 Å². The van der Waals surface area contributed by atoms with Gasteiger partial charge in [0.25, 0.3) is 0 Å². The number of aromatic nitrogens is 3. The quantitative estimate of drug-likeness (QED) is 0.695. The first-order valence-electron chi connectivity index (χ1n) is 6.15. The summed E-state index contributed by atoms with van der Waals surface area (Å²) in [6, 6.07) is 16.0. The molecule has 0 aliphatic heterocycles. The van der Waals surface area contributed by atoms with Gasteiger partial charge in [-0.05, 0) is 24.6 Å². The molecule has 0 aliphatic carbocycles. The van der Waals surface area contributed by atoms with E-state index in [9.17, 15) is 0 Å². The Labute approximate surface area is 112 Å². The lowest BCUT2D eigenvalue weighted by Gasteiger charge is -2.07. The lowest BCUT2D eigenvalue weighted by atomic mass is 10.0. The molecule has 0 radical (unpaired) electrons. The van der Waals surface area contributed by atoms with Gasteiger partial charge in [-0.1, -0.05) is 36.4 Å². The maximum Gasteiger partial charge on any atom is 0.178 e. The summed E-state index contributed by atoms with van der Waals surface area (Å²) in [5.41, 5.74) is 3.93. The van der Waals surface area contributed by atoms with Gasteiger partial charge in [0.15, 0.2) is 5.82 Å². The molecule has 2 heterocycles.